The highest BCUT2D eigenvalue weighted by atomic mass is 19.4. The number of halogens is 4. The Labute approximate surface area is 229 Å². The number of nitrogens with zero attached hydrogens (tertiary/aromatic N) is 3. The maximum Gasteiger partial charge on any atom is 0.416 e. The quantitative estimate of drug-likeness (QED) is 0.404. The van der Waals surface area contributed by atoms with Crippen LogP contribution in [-0.2, 0) is 15.7 Å². The monoisotopic (exact) mass is 562 g/mol. The lowest BCUT2D eigenvalue weighted by atomic mass is 9.90. The lowest BCUT2D eigenvalue weighted by Gasteiger charge is -2.40. The molecule has 40 heavy (non-hydrogen) atoms. The highest BCUT2D eigenvalue weighted by Crippen LogP contribution is 2.39. The van der Waals surface area contributed by atoms with E-state index >= 15 is 0 Å². The summed E-state index contributed by atoms with van der Waals surface area (Å²) in [5.74, 6) is -1.65. The Morgan fingerprint density at radius 1 is 1.02 bits per heavy atom. The molecule has 0 aromatic heterocycles. The number of rotatable bonds is 7. The van der Waals surface area contributed by atoms with E-state index < -0.39 is 35.6 Å². The van der Waals surface area contributed by atoms with E-state index in [0.29, 0.717) is 26.2 Å². The number of amides is 3. The molecule has 0 spiro atoms. The van der Waals surface area contributed by atoms with E-state index in [2.05, 4.69) is 5.32 Å². The van der Waals surface area contributed by atoms with Gasteiger partial charge in [-0.3, -0.25) is 14.6 Å². The fourth-order valence-electron chi connectivity index (χ4n) is 5.02. The minimum atomic E-state index is -4.71. The molecule has 1 fully saturated rings. The van der Waals surface area contributed by atoms with Gasteiger partial charge < -0.3 is 15.0 Å². The van der Waals surface area contributed by atoms with Crippen molar-refractivity contribution < 1.29 is 36.7 Å². The summed E-state index contributed by atoms with van der Waals surface area (Å²) < 4.78 is 60.6. The van der Waals surface area contributed by atoms with E-state index in [0.717, 1.165) is 6.07 Å². The Kier molecular flexibility index (Phi) is 8.77. The van der Waals surface area contributed by atoms with Crippen LogP contribution in [0.4, 0.5) is 22.4 Å². The number of hydrogen-bond donors (Lipinski definition) is 1. The van der Waals surface area contributed by atoms with Gasteiger partial charge in [0.15, 0.2) is 0 Å². The van der Waals surface area contributed by atoms with Crippen molar-refractivity contribution in [3.05, 3.63) is 82.3 Å². The molecule has 2 aromatic rings. The van der Waals surface area contributed by atoms with E-state index in [9.17, 15) is 31.9 Å². The summed E-state index contributed by atoms with van der Waals surface area (Å²) in [6.07, 6.45) is -4.71. The Morgan fingerprint density at radius 2 is 1.73 bits per heavy atom. The molecule has 3 amide bonds. The summed E-state index contributed by atoms with van der Waals surface area (Å²) in [5, 5.41) is 2.57. The van der Waals surface area contributed by atoms with Gasteiger partial charge in [-0.05, 0) is 43.7 Å². The van der Waals surface area contributed by atoms with E-state index in [1.807, 2.05) is 4.90 Å². The number of esters is 1. The highest BCUT2D eigenvalue weighted by molar-refractivity contribution is 5.95. The molecule has 1 atom stereocenters. The van der Waals surface area contributed by atoms with Gasteiger partial charge in [-0.25, -0.2) is 14.0 Å². The minimum Gasteiger partial charge on any atom is -0.463 e. The SMILES string of the molecule is CCOC(=O)C1=C(CN2CCN(C(=O)c3cccc(F)c3)CC2)N(CC)C(=O)NC1c1ccccc1C(F)(F)F. The van der Waals surface area contributed by atoms with Gasteiger partial charge in [0.2, 0.25) is 0 Å². The molecule has 0 bridgehead atoms. The highest BCUT2D eigenvalue weighted by Gasteiger charge is 2.43. The Bertz CT molecular complexity index is 1310. The van der Waals surface area contributed by atoms with Gasteiger partial charge in [-0.15, -0.1) is 0 Å². The number of urea groups is 1. The van der Waals surface area contributed by atoms with Crippen molar-refractivity contribution in [2.75, 3.05) is 45.9 Å². The number of alkyl halides is 3. The van der Waals surface area contributed by atoms with E-state index in [1.54, 1.807) is 18.7 Å². The third-order valence-electron chi connectivity index (χ3n) is 6.93. The zero-order chi connectivity index (χ0) is 29.0. The predicted molar refractivity (Wildman–Crippen MR) is 137 cm³/mol. The second-order valence-corrected chi connectivity index (χ2v) is 9.37. The maximum atomic E-state index is 13.9. The van der Waals surface area contributed by atoms with Crippen molar-refractivity contribution in [1.82, 2.24) is 20.0 Å². The van der Waals surface area contributed by atoms with Crippen LogP contribution in [0.5, 0.6) is 0 Å². The van der Waals surface area contributed by atoms with E-state index in [-0.39, 0.29) is 48.0 Å². The van der Waals surface area contributed by atoms with E-state index in [1.165, 1.54) is 47.4 Å². The number of carbonyl (C=O) groups excluding carboxylic acids is 3. The summed E-state index contributed by atoms with van der Waals surface area (Å²) in [6, 6.07) is 8.22. The molecule has 214 valence electrons. The smallest absolute Gasteiger partial charge is 0.416 e. The second kappa shape index (κ2) is 12.1. The average molecular weight is 563 g/mol. The number of piperazine rings is 1. The van der Waals surface area contributed by atoms with Gasteiger partial charge in [0.25, 0.3) is 5.91 Å². The van der Waals surface area contributed by atoms with Crippen molar-refractivity contribution in [2.24, 2.45) is 0 Å². The van der Waals surface area contributed by atoms with Crippen LogP contribution in [0.25, 0.3) is 0 Å². The second-order valence-electron chi connectivity index (χ2n) is 9.37. The summed E-state index contributed by atoms with van der Waals surface area (Å²) in [6.45, 7) is 4.84. The van der Waals surface area contributed by atoms with E-state index in [4.69, 9.17) is 4.74 Å². The molecule has 2 aliphatic rings. The van der Waals surface area contributed by atoms with Crippen molar-refractivity contribution in [3.8, 4) is 0 Å². The van der Waals surface area contributed by atoms with Crippen LogP contribution >= 0.6 is 0 Å². The van der Waals surface area contributed by atoms with Gasteiger partial charge in [-0.1, -0.05) is 24.3 Å². The molecular formula is C28H30F4N4O4. The fourth-order valence-corrected chi connectivity index (χ4v) is 5.02. The average Bonchev–Trinajstić information content (AvgIpc) is 2.92. The number of benzene rings is 2. The van der Waals surface area contributed by atoms with Crippen LogP contribution in [-0.4, -0.2) is 78.5 Å². The molecule has 1 saturated heterocycles. The van der Waals surface area contributed by atoms with Crippen molar-refractivity contribution >= 4 is 17.9 Å². The van der Waals surface area contributed by atoms with Gasteiger partial charge in [0.1, 0.15) is 5.82 Å². The molecule has 0 radical (unpaired) electrons. The molecule has 4 rings (SSSR count). The summed E-state index contributed by atoms with van der Waals surface area (Å²) >= 11 is 0. The van der Waals surface area contributed by atoms with Gasteiger partial charge in [0.05, 0.1) is 23.8 Å². The first-order valence-corrected chi connectivity index (χ1v) is 13.0. The van der Waals surface area contributed by atoms with Crippen LogP contribution in [0.3, 0.4) is 0 Å². The first-order chi connectivity index (χ1) is 19.0. The molecule has 2 aliphatic heterocycles. The van der Waals surface area contributed by atoms with Crippen LogP contribution in [0.1, 0.15) is 41.4 Å². The third-order valence-corrected chi connectivity index (χ3v) is 6.93. The standard InChI is InChI=1S/C28H30F4N4O4/c1-3-36-22(17-34-12-14-35(15-13-34)25(37)18-8-7-9-19(29)16-18)23(26(38)40-4-2)24(33-27(36)39)20-10-5-6-11-21(20)28(30,31)32/h5-11,16,24H,3-4,12-15,17H2,1-2H3,(H,33,39). The van der Waals surface area contributed by atoms with Crippen LogP contribution in [0, 0.1) is 5.82 Å². The third kappa shape index (κ3) is 6.11. The lowest BCUT2D eigenvalue weighted by molar-refractivity contribution is -0.141. The molecule has 8 nitrogen and oxygen atoms in total. The minimum absolute atomic E-state index is 0.00973. The van der Waals surface area contributed by atoms with Crippen LogP contribution in [0.15, 0.2) is 59.8 Å². The predicted octanol–water partition coefficient (Wildman–Crippen LogP) is 4.21. The van der Waals surface area contributed by atoms with Crippen molar-refractivity contribution in [2.45, 2.75) is 26.1 Å². The first-order valence-electron chi connectivity index (χ1n) is 13.0. The zero-order valence-electron chi connectivity index (χ0n) is 22.1. The normalized spacial score (nSPS) is 18.6. The number of ether oxygens (including phenoxy) is 1. The van der Waals surface area contributed by atoms with Crippen LogP contribution < -0.4 is 5.32 Å². The Hall–Kier alpha value is -3.93. The Balaban J connectivity index is 1.66. The summed E-state index contributed by atoms with van der Waals surface area (Å²) in [7, 11) is 0. The maximum absolute atomic E-state index is 13.9. The number of carbonyl (C=O) groups is 3. The Morgan fingerprint density at radius 3 is 2.35 bits per heavy atom. The van der Waals surface area contributed by atoms with Gasteiger partial charge in [0, 0.05) is 50.5 Å². The van der Waals surface area contributed by atoms with Crippen molar-refractivity contribution in [1.29, 1.82) is 0 Å². The zero-order valence-corrected chi connectivity index (χ0v) is 22.1. The molecule has 0 aliphatic carbocycles. The van der Waals surface area contributed by atoms with Gasteiger partial charge >= 0.3 is 18.2 Å². The first kappa shape index (κ1) is 29.1. The molecular weight excluding hydrogens is 532 g/mol. The number of likely N-dealkylation sites (N-methyl/N-ethyl adjacent to an activating group) is 1. The largest absolute Gasteiger partial charge is 0.463 e. The molecule has 2 aromatic carbocycles. The topological polar surface area (TPSA) is 82.2 Å². The number of nitrogens with one attached hydrogen (secondary N) is 1. The molecule has 2 heterocycles. The molecule has 12 heteroatoms. The summed E-state index contributed by atoms with van der Waals surface area (Å²) in [5.41, 5.74) is -0.816. The molecule has 1 unspecified atom stereocenters. The molecule has 1 N–H and O–H groups in total. The van der Waals surface area contributed by atoms with Crippen molar-refractivity contribution in [3.63, 3.8) is 0 Å². The number of hydrogen-bond acceptors (Lipinski definition) is 5. The van der Waals surface area contributed by atoms with Gasteiger partial charge in [-0.2, -0.15) is 13.2 Å². The molecule has 0 saturated carbocycles. The summed E-state index contributed by atoms with van der Waals surface area (Å²) in [4.78, 5) is 44.0. The fraction of sp³-hybridized carbons (Fsp3) is 0.393. The van der Waals surface area contributed by atoms with Crippen LogP contribution in [0.2, 0.25) is 0 Å². The lowest BCUT2D eigenvalue weighted by Crippen LogP contribution is -2.54.